The maximum Gasteiger partial charge on any atom is 0.0115 e. The summed E-state index contributed by atoms with van der Waals surface area (Å²) in [5, 5.41) is 0. The molecule has 1 aliphatic heterocycles. The molecule has 78 valence electrons. The Hall–Kier alpha value is -0.0400. The molecular formula is C12H25N. The highest BCUT2D eigenvalue weighted by Crippen LogP contribution is 2.42. The topological polar surface area (TPSA) is 3.24 Å². The third kappa shape index (κ3) is 2.46. The van der Waals surface area contributed by atoms with Gasteiger partial charge >= 0.3 is 0 Å². The molecule has 0 aromatic heterocycles. The molecule has 0 bridgehead atoms. The number of nitrogens with zero attached hydrogens (tertiary/aromatic N) is 1. The minimum atomic E-state index is 0.453. The summed E-state index contributed by atoms with van der Waals surface area (Å²) in [4.78, 5) is 2.51. The smallest absolute Gasteiger partial charge is 0.0115 e. The van der Waals surface area contributed by atoms with Gasteiger partial charge in [0.15, 0.2) is 0 Å². The monoisotopic (exact) mass is 183 g/mol. The maximum absolute atomic E-state index is 2.51. The number of hydrogen-bond donors (Lipinski definition) is 0. The highest BCUT2D eigenvalue weighted by atomic mass is 15.1. The molecule has 1 nitrogen and oxygen atoms in total. The zero-order valence-corrected chi connectivity index (χ0v) is 10.1. The molecule has 1 rings (SSSR count). The van der Waals surface area contributed by atoms with Crippen LogP contribution in [0.2, 0.25) is 0 Å². The lowest BCUT2D eigenvalue weighted by atomic mass is 9.72. The molecule has 13 heavy (non-hydrogen) atoms. The van der Waals surface area contributed by atoms with Crippen LogP contribution in [0.3, 0.4) is 0 Å². The van der Waals surface area contributed by atoms with Gasteiger partial charge in [0.2, 0.25) is 0 Å². The second-order valence-electron chi connectivity index (χ2n) is 6.24. The van der Waals surface area contributed by atoms with E-state index in [0.717, 1.165) is 0 Å². The first-order chi connectivity index (χ1) is 5.75. The van der Waals surface area contributed by atoms with Crippen molar-refractivity contribution in [3.63, 3.8) is 0 Å². The first-order valence-corrected chi connectivity index (χ1v) is 5.45. The van der Waals surface area contributed by atoms with Crippen LogP contribution in [0.1, 0.15) is 47.5 Å². The molecule has 0 N–H and O–H groups in total. The van der Waals surface area contributed by atoms with E-state index in [1.165, 1.54) is 19.4 Å². The van der Waals surface area contributed by atoms with E-state index in [-0.39, 0.29) is 0 Å². The van der Waals surface area contributed by atoms with Gasteiger partial charge in [-0.3, -0.25) is 0 Å². The fourth-order valence-corrected chi connectivity index (χ4v) is 2.74. The van der Waals surface area contributed by atoms with Crippen LogP contribution in [0.25, 0.3) is 0 Å². The van der Waals surface area contributed by atoms with Crippen molar-refractivity contribution >= 4 is 0 Å². The summed E-state index contributed by atoms with van der Waals surface area (Å²) in [5.41, 5.74) is 0.970. The maximum atomic E-state index is 2.51. The standard InChI is InChI=1S/C12H25N/c1-10-12(4,5)9-11(2,3)7-8-13(10)6/h10H,7-9H2,1-6H3. The Morgan fingerprint density at radius 3 is 2.23 bits per heavy atom. The van der Waals surface area contributed by atoms with Crippen LogP contribution in [-0.2, 0) is 0 Å². The second-order valence-corrected chi connectivity index (χ2v) is 6.24. The van der Waals surface area contributed by atoms with Crippen molar-refractivity contribution in [3.05, 3.63) is 0 Å². The van der Waals surface area contributed by atoms with Crippen molar-refractivity contribution in [3.8, 4) is 0 Å². The Balaban J connectivity index is 2.84. The van der Waals surface area contributed by atoms with Gasteiger partial charge in [0.1, 0.15) is 0 Å². The Kier molecular flexibility index (Phi) is 2.78. The Morgan fingerprint density at radius 2 is 1.69 bits per heavy atom. The first kappa shape index (κ1) is 11.0. The van der Waals surface area contributed by atoms with Crippen molar-refractivity contribution in [1.82, 2.24) is 4.90 Å². The van der Waals surface area contributed by atoms with Gasteiger partial charge in [-0.25, -0.2) is 0 Å². The van der Waals surface area contributed by atoms with Gasteiger partial charge in [0.05, 0.1) is 0 Å². The van der Waals surface area contributed by atoms with Gasteiger partial charge < -0.3 is 4.90 Å². The number of hydrogen-bond acceptors (Lipinski definition) is 1. The van der Waals surface area contributed by atoms with Crippen molar-refractivity contribution in [2.24, 2.45) is 10.8 Å². The van der Waals surface area contributed by atoms with E-state index in [0.29, 0.717) is 16.9 Å². The van der Waals surface area contributed by atoms with E-state index in [4.69, 9.17) is 0 Å². The van der Waals surface area contributed by atoms with Gasteiger partial charge in [-0.15, -0.1) is 0 Å². The van der Waals surface area contributed by atoms with Crippen LogP contribution >= 0.6 is 0 Å². The highest BCUT2D eigenvalue weighted by Gasteiger charge is 2.37. The van der Waals surface area contributed by atoms with Gasteiger partial charge in [0, 0.05) is 6.04 Å². The van der Waals surface area contributed by atoms with Crippen LogP contribution in [0.4, 0.5) is 0 Å². The molecule has 0 aliphatic carbocycles. The first-order valence-electron chi connectivity index (χ1n) is 5.45. The molecule has 1 unspecified atom stereocenters. The summed E-state index contributed by atoms with van der Waals surface area (Å²) in [5.74, 6) is 0. The Morgan fingerprint density at radius 1 is 1.15 bits per heavy atom. The molecule has 0 aromatic rings. The summed E-state index contributed by atoms with van der Waals surface area (Å²) < 4.78 is 0. The predicted molar refractivity (Wildman–Crippen MR) is 58.9 cm³/mol. The average molecular weight is 183 g/mol. The minimum absolute atomic E-state index is 0.453. The molecule has 1 heterocycles. The molecule has 1 aliphatic rings. The van der Waals surface area contributed by atoms with E-state index in [2.05, 4.69) is 46.6 Å². The molecule has 0 saturated carbocycles. The molecule has 1 atom stereocenters. The van der Waals surface area contributed by atoms with Crippen molar-refractivity contribution in [2.75, 3.05) is 13.6 Å². The lowest BCUT2D eigenvalue weighted by Gasteiger charge is -2.37. The predicted octanol–water partition coefficient (Wildman–Crippen LogP) is 3.15. The lowest BCUT2D eigenvalue weighted by Crippen LogP contribution is -2.39. The average Bonchev–Trinajstić information content (AvgIpc) is 2.01. The molecule has 0 amide bonds. The number of rotatable bonds is 0. The summed E-state index contributed by atoms with van der Waals surface area (Å²) in [6.07, 6.45) is 2.67. The highest BCUT2D eigenvalue weighted by molar-refractivity contribution is 4.90. The van der Waals surface area contributed by atoms with E-state index in [9.17, 15) is 0 Å². The Labute approximate surface area is 83.5 Å². The zero-order chi connectivity index (χ0) is 10.3. The molecule has 0 aromatic carbocycles. The van der Waals surface area contributed by atoms with Gasteiger partial charge in [-0.05, 0) is 44.2 Å². The summed E-state index contributed by atoms with van der Waals surface area (Å²) >= 11 is 0. The third-order valence-corrected chi connectivity index (χ3v) is 3.87. The van der Waals surface area contributed by atoms with Crippen LogP contribution in [0.15, 0.2) is 0 Å². The SMILES string of the molecule is CC1N(C)CCC(C)(C)CC1(C)C. The lowest BCUT2D eigenvalue weighted by molar-refractivity contribution is 0.125. The summed E-state index contributed by atoms with van der Waals surface area (Å²) in [7, 11) is 2.26. The van der Waals surface area contributed by atoms with Crippen molar-refractivity contribution in [2.45, 2.75) is 53.5 Å². The van der Waals surface area contributed by atoms with Crippen molar-refractivity contribution < 1.29 is 0 Å². The van der Waals surface area contributed by atoms with Gasteiger partial charge in [-0.1, -0.05) is 27.7 Å². The fraction of sp³-hybridized carbons (Fsp3) is 1.00. The Bertz CT molecular complexity index is 182. The van der Waals surface area contributed by atoms with Gasteiger partial charge in [0.25, 0.3) is 0 Å². The van der Waals surface area contributed by atoms with E-state index < -0.39 is 0 Å². The van der Waals surface area contributed by atoms with E-state index >= 15 is 0 Å². The summed E-state index contributed by atoms with van der Waals surface area (Å²) in [6.45, 7) is 13.2. The molecular weight excluding hydrogens is 158 g/mol. The van der Waals surface area contributed by atoms with Crippen molar-refractivity contribution in [1.29, 1.82) is 0 Å². The fourth-order valence-electron chi connectivity index (χ4n) is 2.74. The molecule has 0 radical (unpaired) electrons. The summed E-state index contributed by atoms with van der Waals surface area (Å²) in [6, 6.07) is 0.703. The van der Waals surface area contributed by atoms with Crippen LogP contribution in [0, 0.1) is 10.8 Å². The van der Waals surface area contributed by atoms with E-state index in [1.54, 1.807) is 0 Å². The molecule has 1 heteroatoms. The largest absolute Gasteiger partial charge is 0.303 e. The van der Waals surface area contributed by atoms with Crippen LogP contribution in [0.5, 0.6) is 0 Å². The molecule has 1 saturated heterocycles. The quantitative estimate of drug-likeness (QED) is 0.557. The van der Waals surface area contributed by atoms with E-state index in [1.807, 2.05) is 0 Å². The van der Waals surface area contributed by atoms with Crippen LogP contribution < -0.4 is 0 Å². The normalized spacial score (nSPS) is 34.2. The number of likely N-dealkylation sites (tertiary alicyclic amines) is 1. The van der Waals surface area contributed by atoms with Crippen LogP contribution in [-0.4, -0.2) is 24.5 Å². The van der Waals surface area contributed by atoms with Gasteiger partial charge in [-0.2, -0.15) is 0 Å². The molecule has 0 spiro atoms. The molecule has 1 fully saturated rings. The zero-order valence-electron chi connectivity index (χ0n) is 10.1. The minimum Gasteiger partial charge on any atom is -0.303 e. The third-order valence-electron chi connectivity index (χ3n) is 3.87. The second kappa shape index (κ2) is 3.27.